The first kappa shape index (κ1) is 22.6. The molecule has 0 aliphatic carbocycles. The molecule has 0 unspecified atom stereocenters. The molecule has 2 aliphatic heterocycles. The Morgan fingerprint density at radius 1 is 1.23 bits per heavy atom. The number of hydrogen-bond donors (Lipinski definition) is 0. The molecule has 2 aromatic rings. The monoisotopic (exact) mass is 542 g/mol. The summed E-state index contributed by atoms with van der Waals surface area (Å²) in [6, 6.07) is 10.4. The van der Waals surface area contributed by atoms with Gasteiger partial charge in [0.15, 0.2) is 21.6 Å². The number of carbonyl (C=O) groups excluding carboxylic acids is 1. The zero-order valence-corrected chi connectivity index (χ0v) is 20.8. The van der Waals surface area contributed by atoms with Crippen LogP contribution in [0.4, 0.5) is 5.69 Å². The summed E-state index contributed by atoms with van der Waals surface area (Å²) < 4.78 is 31.0. The number of fused-ring (bicyclic) bond motifs is 1. The lowest BCUT2D eigenvalue weighted by Crippen LogP contribution is -2.38. The Morgan fingerprint density at radius 3 is 2.52 bits per heavy atom. The van der Waals surface area contributed by atoms with E-state index in [1.807, 2.05) is 30.9 Å². The van der Waals surface area contributed by atoms with Crippen molar-refractivity contribution in [1.29, 1.82) is 0 Å². The van der Waals surface area contributed by atoms with Gasteiger partial charge in [-0.15, -0.1) is 0 Å². The molecule has 6 nitrogen and oxygen atoms in total. The molecule has 0 aromatic heterocycles. The minimum Gasteiger partial charge on any atom is -0.484 e. The van der Waals surface area contributed by atoms with E-state index in [1.165, 1.54) is 11.8 Å². The highest BCUT2D eigenvalue weighted by molar-refractivity contribution is 9.10. The molecule has 0 bridgehead atoms. The van der Waals surface area contributed by atoms with Crippen LogP contribution in [-0.2, 0) is 14.6 Å². The number of hydrogen-bond acceptors (Lipinski definition) is 5. The summed E-state index contributed by atoms with van der Waals surface area (Å²) in [5.74, 6) is 0.227. The molecule has 0 spiro atoms. The van der Waals surface area contributed by atoms with E-state index in [4.69, 9.17) is 16.3 Å². The van der Waals surface area contributed by atoms with Crippen molar-refractivity contribution in [2.24, 2.45) is 4.99 Å². The Bertz CT molecular complexity index is 1150. The third kappa shape index (κ3) is 4.94. The van der Waals surface area contributed by atoms with E-state index in [2.05, 4.69) is 20.9 Å². The first-order chi connectivity index (χ1) is 14.6. The number of carbonyl (C=O) groups is 1. The van der Waals surface area contributed by atoms with Crippen LogP contribution in [0.25, 0.3) is 0 Å². The van der Waals surface area contributed by atoms with E-state index < -0.39 is 15.7 Å². The molecule has 0 N–H and O–H groups in total. The van der Waals surface area contributed by atoms with Gasteiger partial charge < -0.3 is 9.64 Å². The summed E-state index contributed by atoms with van der Waals surface area (Å²) in [7, 11) is -3.13. The maximum atomic E-state index is 12.6. The number of ether oxygens (including phenoxy) is 1. The van der Waals surface area contributed by atoms with Crippen LogP contribution in [0.2, 0.25) is 5.02 Å². The highest BCUT2D eigenvalue weighted by Crippen LogP contribution is 2.43. The van der Waals surface area contributed by atoms with Gasteiger partial charge in [0, 0.05) is 20.4 Å². The molecule has 4 rings (SSSR count). The molecule has 2 heterocycles. The van der Waals surface area contributed by atoms with Crippen molar-refractivity contribution in [2.75, 3.05) is 23.0 Å². The van der Waals surface area contributed by atoms with Crippen molar-refractivity contribution in [1.82, 2.24) is 0 Å². The largest absolute Gasteiger partial charge is 0.484 e. The van der Waals surface area contributed by atoms with Gasteiger partial charge in [-0.1, -0.05) is 39.3 Å². The average Bonchev–Trinajstić information content (AvgIpc) is 3.12. The lowest BCUT2D eigenvalue weighted by Gasteiger charge is -2.28. The van der Waals surface area contributed by atoms with E-state index in [0.717, 1.165) is 21.3 Å². The van der Waals surface area contributed by atoms with Gasteiger partial charge in [-0.25, -0.2) is 8.42 Å². The highest BCUT2D eigenvalue weighted by atomic mass is 79.9. The molecule has 2 aromatic carbocycles. The molecular formula is C21H20BrClN2O4S2. The van der Waals surface area contributed by atoms with Gasteiger partial charge in [0.2, 0.25) is 0 Å². The van der Waals surface area contributed by atoms with E-state index in [9.17, 15) is 13.2 Å². The lowest BCUT2D eigenvalue weighted by atomic mass is 10.1. The van der Waals surface area contributed by atoms with Crippen molar-refractivity contribution >= 4 is 65.9 Å². The minimum atomic E-state index is -3.13. The normalized spacial score (nSPS) is 23.2. The average molecular weight is 544 g/mol. The zero-order chi connectivity index (χ0) is 22.3. The second-order valence-corrected chi connectivity index (χ2v) is 12.3. The maximum Gasteiger partial charge on any atom is 0.285 e. The molecule has 2 atom stereocenters. The van der Waals surface area contributed by atoms with E-state index in [0.29, 0.717) is 15.9 Å². The number of aliphatic imine (C=N–C) groups is 1. The zero-order valence-electron chi connectivity index (χ0n) is 16.8. The molecule has 0 saturated carbocycles. The van der Waals surface area contributed by atoms with Gasteiger partial charge >= 0.3 is 0 Å². The predicted octanol–water partition coefficient (Wildman–Crippen LogP) is 4.40. The predicted molar refractivity (Wildman–Crippen MR) is 129 cm³/mol. The van der Waals surface area contributed by atoms with Gasteiger partial charge in [0.25, 0.3) is 5.91 Å². The number of halogens is 2. The Labute approximate surface area is 199 Å². The summed E-state index contributed by atoms with van der Waals surface area (Å²) in [5.41, 5.74) is 2.86. The standard InChI is InChI=1S/C21H20BrClN2O4S2/c1-12-7-14(22)8-13(2)20(12)25-17-10-31(27,28)11-18(17)30-21(25)24-19(26)9-29-16-5-3-15(23)4-6-16/h3-8,17-18H,9-11H2,1-2H3/t17-,18-/m0/s1. The third-order valence-electron chi connectivity index (χ3n) is 5.16. The van der Waals surface area contributed by atoms with Gasteiger partial charge in [-0.05, 0) is 61.4 Å². The fraction of sp³-hybridized carbons (Fsp3) is 0.333. The van der Waals surface area contributed by atoms with Gasteiger partial charge in [-0.3, -0.25) is 4.79 Å². The van der Waals surface area contributed by atoms with Gasteiger partial charge in [-0.2, -0.15) is 4.99 Å². The summed E-state index contributed by atoms with van der Waals surface area (Å²) in [5, 5.41) is 0.943. The quantitative estimate of drug-likeness (QED) is 0.569. The topological polar surface area (TPSA) is 76.0 Å². The van der Waals surface area contributed by atoms with Crippen LogP contribution in [0.3, 0.4) is 0 Å². The van der Waals surface area contributed by atoms with E-state index in [1.54, 1.807) is 24.3 Å². The fourth-order valence-corrected chi connectivity index (χ4v) is 8.65. The maximum absolute atomic E-state index is 12.6. The van der Waals surface area contributed by atoms with Crippen molar-refractivity contribution in [2.45, 2.75) is 25.1 Å². The molecule has 1 amide bonds. The molecule has 2 aliphatic rings. The number of thioether (sulfide) groups is 1. The van der Waals surface area contributed by atoms with Crippen molar-refractivity contribution < 1.29 is 17.9 Å². The Morgan fingerprint density at radius 2 is 1.87 bits per heavy atom. The summed E-state index contributed by atoms with van der Waals surface area (Å²) in [6.45, 7) is 3.72. The van der Waals surface area contributed by atoms with Crippen LogP contribution in [-0.4, -0.2) is 48.9 Å². The van der Waals surface area contributed by atoms with Crippen LogP contribution >= 0.6 is 39.3 Å². The number of amides is 1. The van der Waals surface area contributed by atoms with Crippen LogP contribution in [0.1, 0.15) is 11.1 Å². The third-order valence-corrected chi connectivity index (χ3v) is 9.08. The highest BCUT2D eigenvalue weighted by Gasteiger charge is 2.50. The van der Waals surface area contributed by atoms with Crippen LogP contribution in [0.15, 0.2) is 45.9 Å². The van der Waals surface area contributed by atoms with E-state index >= 15 is 0 Å². The number of amidine groups is 1. The molecule has 31 heavy (non-hydrogen) atoms. The van der Waals surface area contributed by atoms with Gasteiger partial charge in [0.1, 0.15) is 5.75 Å². The number of rotatable bonds is 4. The second-order valence-electron chi connectivity index (χ2n) is 7.59. The number of aryl methyl sites for hydroxylation is 2. The molecule has 2 saturated heterocycles. The second kappa shape index (κ2) is 8.77. The summed E-state index contributed by atoms with van der Waals surface area (Å²) in [4.78, 5) is 18.8. The lowest BCUT2D eigenvalue weighted by molar-refractivity contribution is -0.119. The number of nitrogens with zero attached hydrogens (tertiary/aromatic N) is 2. The van der Waals surface area contributed by atoms with Crippen LogP contribution in [0.5, 0.6) is 5.75 Å². The van der Waals surface area contributed by atoms with Crippen LogP contribution < -0.4 is 9.64 Å². The Hall–Kier alpha value is -1.55. The number of sulfone groups is 1. The molecular weight excluding hydrogens is 524 g/mol. The van der Waals surface area contributed by atoms with Crippen LogP contribution in [0, 0.1) is 13.8 Å². The minimum absolute atomic E-state index is 0.0497. The molecule has 164 valence electrons. The Balaban J connectivity index is 1.62. The van der Waals surface area contributed by atoms with Crippen molar-refractivity contribution in [3.63, 3.8) is 0 Å². The SMILES string of the molecule is Cc1cc(Br)cc(C)c1N1C(=NC(=O)COc2ccc(Cl)cc2)S[C@H]2CS(=O)(=O)C[C@@H]21. The molecule has 2 fully saturated rings. The number of benzene rings is 2. The molecule has 10 heteroatoms. The summed E-state index contributed by atoms with van der Waals surface area (Å²) in [6.07, 6.45) is 0. The van der Waals surface area contributed by atoms with Crippen molar-refractivity contribution in [3.8, 4) is 5.75 Å². The smallest absolute Gasteiger partial charge is 0.285 e. The fourth-order valence-electron chi connectivity index (χ4n) is 3.92. The molecule has 0 radical (unpaired) electrons. The van der Waals surface area contributed by atoms with Gasteiger partial charge in [0.05, 0.1) is 17.5 Å². The summed E-state index contributed by atoms with van der Waals surface area (Å²) >= 11 is 10.7. The van der Waals surface area contributed by atoms with E-state index in [-0.39, 0.29) is 29.4 Å². The first-order valence-corrected chi connectivity index (χ1v) is 13.4. The number of anilines is 1. The Kier molecular flexibility index (Phi) is 6.40. The first-order valence-electron chi connectivity index (χ1n) is 9.56. The van der Waals surface area contributed by atoms with Crippen molar-refractivity contribution in [3.05, 3.63) is 57.0 Å².